The molecule has 0 aliphatic heterocycles. The molecule has 0 atom stereocenters. The second-order valence-corrected chi connectivity index (χ2v) is 3.97. The van der Waals surface area contributed by atoms with Gasteiger partial charge in [0.2, 0.25) is 0 Å². The van der Waals surface area contributed by atoms with Gasteiger partial charge in [-0.1, -0.05) is 11.6 Å². The molecule has 0 bridgehead atoms. The summed E-state index contributed by atoms with van der Waals surface area (Å²) in [7, 11) is 1.63. The molecule has 1 aromatic heterocycles. The van der Waals surface area contributed by atoms with Crippen molar-refractivity contribution in [2.75, 3.05) is 13.6 Å². The number of hydrogen-bond donors (Lipinski definition) is 1. The Kier molecular flexibility index (Phi) is 4.22. The van der Waals surface area contributed by atoms with Crippen LogP contribution in [0.15, 0.2) is 10.8 Å². The van der Waals surface area contributed by atoms with Gasteiger partial charge in [0, 0.05) is 31.1 Å². The van der Waals surface area contributed by atoms with Crippen molar-refractivity contribution in [3.05, 3.63) is 21.3 Å². The van der Waals surface area contributed by atoms with Crippen molar-refractivity contribution in [2.45, 2.75) is 13.5 Å². The predicted molar refractivity (Wildman–Crippen MR) is 59.9 cm³/mol. The summed E-state index contributed by atoms with van der Waals surface area (Å²) >= 11 is 7.49. The number of carbonyl (C=O) groups is 1. The van der Waals surface area contributed by atoms with E-state index in [9.17, 15) is 4.79 Å². The van der Waals surface area contributed by atoms with Crippen LogP contribution in [0.4, 0.5) is 4.79 Å². The summed E-state index contributed by atoms with van der Waals surface area (Å²) in [5.74, 6) is 0. The van der Waals surface area contributed by atoms with Crippen LogP contribution in [-0.4, -0.2) is 24.5 Å². The molecule has 1 heterocycles. The molecule has 0 saturated heterocycles. The molecule has 0 aliphatic rings. The lowest BCUT2D eigenvalue weighted by Crippen LogP contribution is -2.37. The van der Waals surface area contributed by atoms with E-state index in [1.54, 1.807) is 23.3 Å². The van der Waals surface area contributed by atoms with Crippen LogP contribution in [0.1, 0.15) is 12.5 Å². The molecule has 0 aromatic carbocycles. The number of thiophene rings is 1. The highest BCUT2D eigenvalue weighted by Crippen LogP contribution is 2.21. The SMILES string of the molecule is CCN(Cc1cscc1Cl)C(=O)NC. The largest absolute Gasteiger partial charge is 0.341 e. The van der Waals surface area contributed by atoms with Crippen molar-refractivity contribution in [1.82, 2.24) is 10.2 Å². The van der Waals surface area contributed by atoms with Crippen molar-refractivity contribution in [3.63, 3.8) is 0 Å². The number of nitrogens with zero attached hydrogens (tertiary/aromatic N) is 1. The lowest BCUT2D eigenvalue weighted by Gasteiger charge is -2.19. The number of amides is 2. The number of halogens is 1. The Morgan fingerprint density at radius 1 is 1.64 bits per heavy atom. The normalized spacial score (nSPS) is 9.93. The molecular weight excluding hydrogens is 220 g/mol. The summed E-state index contributed by atoms with van der Waals surface area (Å²) in [5, 5.41) is 7.16. The molecule has 0 unspecified atom stereocenters. The van der Waals surface area contributed by atoms with Gasteiger partial charge in [-0.05, 0) is 12.3 Å². The van der Waals surface area contributed by atoms with Crippen LogP contribution in [0.5, 0.6) is 0 Å². The van der Waals surface area contributed by atoms with Gasteiger partial charge >= 0.3 is 6.03 Å². The third-order valence-electron chi connectivity index (χ3n) is 1.93. The van der Waals surface area contributed by atoms with E-state index in [4.69, 9.17) is 11.6 Å². The van der Waals surface area contributed by atoms with Gasteiger partial charge in [-0.15, -0.1) is 0 Å². The van der Waals surface area contributed by atoms with E-state index in [1.807, 2.05) is 17.7 Å². The zero-order valence-corrected chi connectivity index (χ0v) is 9.78. The number of rotatable bonds is 3. The fraction of sp³-hybridized carbons (Fsp3) is 0.444. The van der Waals surface area contributed by atoms with E-state index >= 15 is 0 Å². The van der Waals surface area contributed by atoms with Crippen LogP contribution in [0.3, 0.4) is 0 Å². The van der Waals surface area contributed by atoms with Gasteiger partial charge in [-0.3, -0.25) is 0 Å². The maximum absolute atomic E-state index is 11.4. The first-order valence-electron chi connectivity index (χ1n) is 4.36. The van der Waals surface area contributed by atoms with Crippen LogP contribution >= 0.6 is 22.9 Å². The highest BCUT2D eigenvalue weighted by atomic mass is 35.5. The second kappa shape index (κ2) is 5.22. The van der Waals surface area contributed by atoms with E-state index in [-0.39, 0.29) is 6.03 Å². The van der Waals surface area contributed by atoms with Gasteiger partial charge in [0.15, 0.2) is 0 Å². The van der Waals surface area contributed by atoms with Crippen LogP contribution in [0, 0.1) is 0 Å². The number of carbonyl (C=O) groups excluding carboxylic acids is 1. The zero-order valence-electron chi connectivity index (χ0n) is 8.21. The maximum Gasteiger partial charge on any atom is 0.317 e. The van der Waals surface area contributed by atoms with E-state index in [1.165, 1.54) is 0 Å². The third-order valence-corrected chi connectivity index (χ3v) is 3.21. The fourth-order valence-electron chi connectivity index (χ4n) is 1.11. The van der Waals surface area contributed by atoms with E-state index < -0.39 is 0 Å². The van der Waals surface area contributed by atoms with Gasteiger partial charge < -0.3 is 10.2 Å². The lowest BCUT2D eigenvalue weighted by molar-refractivity contribution is 0.200. The van der Waals surface area contributed by atoms with E-state index in [0.717, 1.165) is 10.6 Å². The Labute approximate surface area is 92.7 Å². The van der Waals surface area contributed by atoms with Crippen LogP contribution in [0.25, 0.3) is 0 Å². The van der Waals surface area contributed by atoms with Crippen molar-refractivity contribution < 1.29 is 4.79 Å². The van der Waals surface area contributed by atoms with Crippen molar-refractivity contribution >= 4 is 29.0 Å². The quantitative estimate of drug-likeness (QED) is 0.854. The summed E-state index contributed by atoms with van der Waals surface area (Å²) in [6.07, 6.45) is 0. The highest BCUT2D eigenvalue weighted by Gasteiger charge is 2.11. The van der Waals surface area contributed by atoms with Gasteiger partial charge in [0.05, 0.1) is 5.02 Å². The van der Waals surface area contributed by atoms with Gasteiger partial charge in [0.1, 0.15) is 0 Å². The predicted octanol–water partition coefficient (Wildman–Crippen LogP) is 2.56. The van der Waals surface area contributed by atoms with Crippen molar-refractivity contribution in [2.24, 2.45) is 0 Å². The first-order valence-corrected chi connectivity index (χ1v) is 5.68. The highest BCUT2D eigenvalue weighted by molar-refractivity contribution is 7.08. The van der Waals surface area contributed by atoms with E-state index in [0.29, 0.717) is 13.1 Å². The number of urea groups is 1. The molecule has 3 nitrogen and oxygen atoms in total. The smallest absolute Gasteiger partial charge is 0.317 e. The Bertz CT molecular complexity index is 314. The minimum atomic E-state index is -0.0743. The molecule has 2 amide bonds. The van der Waals surface area contributed by atoms with E-state index in [2.05, 4.69) is 5.32 Å². The molecule has 0 spiro atoms. The molecular formula is C9H13ClN2OS. The molecule has 1 aromatic rings. The summed E-state index contributed by atoms with van der Waals surface area (Å²) in [5.41, 5.74) is 1.00. The fourth-order valence-corrected chi connectivity index (χ4v) is 2.15. The van der Waals surface area contributed by atoms with Crippen LogP contribution < -0.4 is 5.32 Å². The second-order valence-electron chi connectivity index (χ2n) is 2.81. The summed E-state index contributed by atoms with van der Waals surface area (Å²) in [4.78, 5) is 13.1. The molecule has 1 rings (SSSR count). The van der Waals surface area contributed by atoms with Gasteiger partial charge in [-0.25, -0.2) is 4.79 Å². The van der Waals surface area contributed by atoms with Crippen LogP contribution in [-0.2, 0) is 6.54 Å². The molecule has 0 aliphatic carbocycles. The zero-order chi connectivity index (χ0) is 10.6. The Morgan fingerprint density at radius 3 is 2.79 bits per heavy atom. The average molecular weight is 233 g/mol. The maximum atomic E-state index is 11.4. The minimum Gasteiger partial charge on any atom is -0.341 e. The molecule has 14 heavy (non-hydrogen) atoms. The summed E-state index contributed by atoms with van der Waals surface area (Å²) in [6.45, 7) is 3.18. The molecule has 5 heteroatoms. The molecule has 78 valence electrons. The number of nitrogens with one attached hydrogen (secondary N) is 1. The standard InChI is InChI=1S/C9H13ClN2OS/c1-3-12(9(13)11-2)4-7-5-14-6-8(7)10/h5-6H,3-4H2,1-2H3,(H,11,13). The average Bonchev–Trinajstić information content (AvgIpc) is 2.59. The first kappa shape index (κ1) is 11.3. The van der Waals surface area contributed by atoms with Gasteiger partial charge in [0.25, 0.3) is 0 Å². The lowest BCUT2D eigenvalue weighted by atomic mass is 10.3. The Morgan fingerprint density at radius 2 is 2.36 bits per heavy atom. The minimum absolute atomic E-state index is 0.0743. The van der Waals surface area contributed by atoms with Crippen molar-refractivity contribution in [3.8, 4) is 0 Å². The summed E-state index contributed by atoms with van der Waals surface area (Å²) in [6, 6.07) is -0.0743. The molecule has 0 fully saturated rings. The van der Waals surface area contributed by atoms with Crippen molar-refractivity contribution in [1.29, 1.82) is 0 Å². The number of hydrogen-bond acceptors (Lipinski definition) is 2. The molecule has 0 radical (unpaired) electrons. The Hall–Kier alpha value is -0.740. The monoisotopic (exact) mass is 232 g/mol. The van der Waals surface area contributed by atoms with Gasteiger partial charge in [-0.2, -0.15) is 11.3 Å². The first-order chi connectivity index (χ1) is 6.69. The van der Waals surface area contributed by atoms with Crippen LogP contribution in [0.2, 0.25) is 5.02 Å². The third kappa shape index (κ3) is 2.62. The molecule has 0 saturated carbocycles. The topological polar surface area (TPSA) is 32.3 Å². The molecule has 1 N–H and O–H groups in total. The summed E-state index contributed by atoms with van der Waals surface area (Å²) < 4.78 is 0. The Balaban J connectivity index is 2.66.